The van der Waals surface area contributed by atoms with Crippen LogP contribution in [0.25, 0.3) is 0 Å². The van der Waals surface area contributed by atoms with Crippen molar-refractivity contribution in [1.82, 2.24) is 0 Å². The van der Waals surface area contributed by atoms with Crippen LogP contribution < -0.4 is 5.32 Å². The third-order valence-electron chi connectivity index (χ3n) is 2.67. The van der Waals surface area contributed by atoms with Crippen LogP contribution >= 0.6 is 15.9 Å². The first kappa shape index (κ1) is 14.6. The first-order chi connectivity index (χ1) is 9.38. The minimum atomic E-state index is -0.856. The van der Waals surface area contributed by atoms with E-state index in [1.54, 1.807) is 0 Å². The Hall–Kier alpha value is -1.82. The second kappa shape index (κ2) is 5.66. The summed E-state index contributed by atoms with van der Waals surface area (Å²) in [6.45, 7) is 1.40. The second-order valence-corrected chi connectivity index (χ2v) is 5.08. The van der Waals surface area contributed by atoms with E-state index in [0.29, 0.717) is 4.47 Å². The maximum Gasteiger partial charge on any atom is 0.258 e. The Morgan fingerprint density at radius 1 is 1.05 bits per heavy atom. The van der Waals surface area contributed by atoms with E-state index in [9.17, 15) is 18.0 Å². The summed E-state index contributed by atoms with van der Waals surface area (Å²) >= 11 is 3.10. The number of halogens is 4. The van der Waals surface area contributed by atoms with Crippen molar-refractivity contribution >= 4 is 27.5 Å². The summed E-state index contributed by atoms with van der Waals surface area (Å²) in [4.78, 5) is 11.9. The van der Waals surface area contributed by atoms with Gasteiger partial charge >= 0.3 is 0 Å². The summed E-state index contributed by atoms with van der Waals surface area (Å²) in [5, 5.41) is 2.15. The quantitative estimate of drug-likeness (QED) is 0.858. The zero-order valence-corrected chi connectivity index (χ0v) is 11.9. The second-order valence-electron chi connectivity index (χ2n) is 4.16. The molecule has 2 rings (SSSR count). The van der Waals surface area contributed by atoms with Gasteiger partial charge in [-0.05, 0) is 36.8 Å². The molecule has 0 spiro atoms. The molecule has 0 aromatic heterocycles. The van der Waals surface area contributed by atoms with Gasteiger partial charge in [-0.3, -0.25) is 4.79 Å². The average Bonchev–Trinajstić information content (AvgIpc) is 2.38. The molecule has 1 amide bonds. The molecule has 0 aliphatic rings. The zero-order chi connectivity index (χ0) is 14.9. The molecule has 20 heavy (non-hydrogen) atoms. The van der Waals surface area contributed by atoms with Crippen LogP contribution in [0, 0.1) is 24.4 Å². The van der Waals surface area contributed by atoms with E-state index in [1.165, 1.54) is 19.1 Å². The van der Waals surface area contributed by atoms with E-state index in [-0.39, 0.29) is 16.8 Å². The lowest BCUT2D eigenvalue weighted by Crippen LogP contribution is -2.15. The van der Waals surface area contributed by atoms with Crippen LogP contribution in [-0.2, 0) is 0 Å². The summed E-state index contributed by atoms with van der Waals surface area (Å²) in [5.74, 6) is -3.05. The van der Waals surface area contributed by atoms with Crippen LogP contribution in [0.2, 0.25) is 0 Å². The van der Waals surface area contributed by atoms with Gasteiger partial charge in [0.15, 0.2) is 0 Å². The number of aryl methyl sites for hydroxylation is 1. The van der Waals surface area contributed by atoms with Crippen molar-refractivity contribution in [2.24, 2.45) is 0 Å². The van der Waals surface area contributed by atoms with Crippen molar-refractivity contribution in [1.29, 1.82) is 0 Å². The number of amides is 1. The molecule has 0 aliphatic carbocycles. The molecule has 0 heterocycles. The lowest BCUT2D eigenvalue weighted by atomic mass is 10.1. The molecule has 0 radical (unpaired) electrons. The van der Waals surface area contributed by atoms with Gasteiger partial charge in [0.2, 0.25) is 0 Å². The number of nitrogens with one attached hydrogen (secondary N) is 1. The van der Waals surface area contributed by atoms with Crippen molar-refractivity contribution in [2.75, 3.05) is 5.32 Å². The molecular weight excluding hydrogens is 335 g/mol. The largest absolute Gasteiger partial charge is 0.319 e. The van der Waals surface area contributed by atoms with E-state index in [4.69, 9.17) is 0 Å². The molecule has 0 saturated carbocycles. The normalized spacial score (nSPS) is 10.4. The standard InChI is InChI=1S/C14H9BrF3NO/c1-7-4-12(18)13(6-11(7)17)19-14(20)9-5-8(15)2-3-10(9)16/h2-6H,1H3,(H,19,20). The van der Waals surface area contributed by atoms with Gasteiger partial charge in [0.25, 0.3) is 5.91 Å². The van der Waals surface area contributed by atoms with Crippen LogP contribution in [0.1, 0.15) is 15.9 Å². The number of hydrogen-bond acceptors (Lipinski definition) is 1. The van der Waals surface area contributed by atoms with Crippen molar-refractivity contribution in [2.45, 2.75) is 6.92 Å². The van der Waals surface area contributed by atoms with Gasteiger partial charge < -0.3 is 5.32 Å². The first-order valence-corrected chi connectivity index (χ1v) is 6.40. The van der Waals surface area contributed by atoms with E-state index in [1.807, 2.05) is 0 Å². The first-order valence-electron chi connectivity index (χ1n) is 5.60. The van der Waals surface area contributed by atoms with Crippen molar-refractivity contribution < 1.29 is 18.0 Å². The van der Waals surface area contributed by atoms with Gasteiger partial charge in [0, 0.05) is 10.5 Å². The van der Waals surface area contributed by atoms with Gasteiger partial charge in [-0.15, -0.1) is 0 Å². The summed E-state index contributed by atoms with van der Waals surface area (Å²) < 4.78 is 41.0. The third kappa shape index (κ3) is 3.01. The van der Waals surface area contributed by atoms with Crippen molar-refractivity contribution in [3.05, 3.63) is 63.4 Å². The molecule has 1 N–H and O–H groups in total. The Morgan fingerprint density at radius 3 is 2.45 bits per heavy atom. The molecule has 0 saturated heterocycles. The molecule has 104 valence electrons. The minimum absolute atomic E-state index is 0.120. The Kier molecular flexibility index (Phi) is 4.13. The average molecular weight is 344 g/mol. The monoisotopic (exact) mass is 343 g/mol. The lowest BCUT2D eigenvalue weighted by molar-refractivity contribution is 0.102. The SMILES string of the molecule is Cc1cc(F)c(NC(=O)c2cc(Br)ccc2F)cc1F. The number of benzene rings is 2. The zero-order valence-electron chi connectivity index (χ0n) is 10.3. The molecular formula is C14H9BrF3NO. The van der Waals surface area contributed by atoms with Gasteiger partial charge in [0.05, 0.1) is 11.3 Å². The molecule has 2 nitrogen and oxygen atoms in total. The molecule has 6 heteroatoms. The van der Waals surface area contributed by atoms with Crippen molar-refractivity contribution in [3.8, 4) is 0 Å². The highest BCUT2D eigenvalue weighted by atomic mass is 79.9. The molecule has 0 aliphatic heterocycles. The Labute approximate surface area is 121 Å². The Balaban J connectivity index is 2.32. The number of carbonyl (C=O) groups excluding carboxylic acids is 1. The van der Waals surface area contributed by atoms with E-state index in [0.717, 1.165) is 18.2 Å². The van der Waals surface area contributed by atoms with Crippen molar-refractivity contribution in [3.63, 3.8) is 0 Å². The highest BCUT2D eigenvalue weighted by Crippen LogP contribution is 2.21. The summed E-state index contributed by atoms with van der Waals surface area (Å²) in [5.41, 5.74) is -0.480. The molecule has 0 fully saturated rings. The van der Waals surface area contributed by atoms with Gasteiger partial charge in [-0.2, -0.15) is 0 Å². The van der Waals surface area contributed by atoms with E-state index in [2.05, 4.69) is 21.2 Å². The fourth-order valence-electron chi connectivity index (χ4n) is 1.60. The molecule has 0 atom stereocenters. The molecule has 0 bridgehead atoms. The number of anilines is 1. The number of rotatable bonds is 2. The highest BCUT2D eigenvalue weighted by molar-refractivity contribution is 9.10. The van der Waals surface area contributed by atoms with Crippen LogP contribution in [0.3, 0.4) is 0 Å². The number of carbonyl (C=O) groups is 1. The summed E-state index contributed by atoms with van der Waals surface area (Å²) in [6.07, 6.45) is 0. The topological polar surface area (TPSA) is 29.1 Å². The summed E-state index contributed by atoms with van der Waals surface area (Å²) in [7, 11) is 0. The van der Waals surface area contributed by atoms with Gasteiger partial charge in [0.1, 0.15) is 17.5 Å². The minimum Gasteiger partial charge on any atom is -0.319 e. The highest BCUT2D eigenvalue weighted by Gasteiger charge is 2.15. The smallest absolute Gasteiger partial charge is 0.258 e. The molecule has 2 aromatic carbocycles. The van der Waals surface area contributed by atoms with Gasteiger partial charge in [-0.1, -0.05) is 15.9 Å². The maximum atomic E-state index is 13.6. The Bertz CT molecular complexity index is 688. The van der Waals surface area contributed by atoms with E-state index >= 15 is 0 Å². The Morgan fingerprint density at radius 2 is 1.75 bits per heavy atom. The molecule has 2 aromatic rings. The van der Waals surface area contributed by atoms with E-state index < -0.39 is 23.4 Å². The van der Waals surface area contributed by atoms with Crippen LogP contribution in [0.15, 0.2) is 34.8 Å². The van der Waals surface area contributed by atoms with Crippen LogP contribution in [0.5, 0.6) is 0 Å². The third-order valence-corrected chi connectivity index (χ3v) is 3.16. The molecule has 0 unspecified atom stereocenters. The van der Waals surface area contributed by atoms with Gasteiger partial charge in [-0.25, -0.2) is 13.2 Å². The fourth-order valence-corrected chi connectivity index (χ4v) is 1.96. The lowest BCUT2D eigenvalue weighted by Gasteiger charge is -2.09. The number of hydrogen-bond donors (Lipinski definition) is 1. The van der Waals surface area contributed by atoms with Crippen LogP contribution in [0.4, 0.5) is 18.9 Å². The predicted octanol–water partition coefficient (Wildman–Crippen LogP) is 4.43. The summed E-state index contributed by atoms with van der Waals surface area (Å²) in [6, 6.07) is 5.61. The van der Waals surface area contributed by atoms with Crippen LogP contribution in [-0.4, -0.2) is 5.91 Å². The maximum absolute atomic E-state index is 13.6. The fraction of sp³-hybridized carbons (Fsp3) is 0.0714. The predicted molar refractivity (Wildman–Crippen MR) is 73.1 cm³/mol.